The Kier molecular flexibility index (Phi) is 4.72. The van der Waals surface area contributed by atoms with Crippen LogP contribution in [0.15, 0.2) is 0 Å². The van der Waals surface area contributed by atoms with E-state index in [1.165, 1.54) is 12.8 Å². The third-order valence-corrected chi connectivity index (χ3v) is 6.29. The first kappa shape index (κ1) is 16.8. The molecule has 1 unspecified atom stereocenters. The van der Waals surface area contributed by atoms with Crippen LogP contribution < -0.4 is 0 Å². The lowest BCUT2D eigenvalue weighted by Crippen LogP contribution is -2.47. The number of carbonyl (C=O) groups is 1. The van der Waals surface area contributed by atoms with Gasteiger partial charge in [0.1, 0.15) is 0 Å². The Morgan fingerprint density at radius 1 is 1.14 bits per heavy atom. The number of likely N-dealkylation sites (tertiary alicyclic amines) is 1. The van der Waals surface area contributed by atoms with Crippen LogP contribution in [0.25, 0.3) is 0 Å². The normalized spacial score (nSPS) is 35.6. The van der Waals surface area contributed by atoms with Gasteiger partial charge in [-0.05, 0) is 72.8 Å². The molecule has 0 bridgehead atoms. The molecule has 1 saturated heterocycles. The van der Waals surface area contributed by atoms with E-state index in [1.54, 1.807) is 0 Å². The third-order valence-electron chi connectivity index (χ3n) is 6.29. The van der Waals surface area contributed by atoms with Crippen LogP contribution >= 0.6 is 0 Å². The zero-order chi connectivity index (χ0) is 15.8. The Hall–Kier alpha value is -0.570. The average molecular weight is 295 g/mol. The van der Waals surface area contributed by atoms with Crippen molar-refractivity contribution in [1.82, 2.24) is 4.90 Å². The Morgan fingerprint density at radius 2 is 1.71 bits per heavy atom. The number of rotatable bonds is 3. The summed E-state index contributed by atoms with van der Waals surface area (Å²) >= 11 is 0. The zero-order valence-electron chi connectivity index (χ0n) is 14.7. The van der Waals surface area contributed by atoms with Gasteiger partial charge in [-0.3, -0.25) is 9.69 Å². The van der Waals surface area contributed by atoms with Crippen molar-refractivity contribution >= 4 is 5.97 Å². The fourth-order valence-corrected chi connectivity index (χ4v) is 4.10. The number of carbonyl (C=O) groups excluding carboxylic acids is 1. The number of hydrogen-bond donors (Lipinski definition) is 0. The standard InChI is InChI=1S/C18H33NO2/c1-13-7-9-14(10-8-13)16(20)21-12-15-11-17(2,3)19(6)18(15,4)5/h13-15H,7-12H2,1-6H3. The molecule has 0 radical (unpaired) electrons. The predicted octanol–water partition coefficient (Wildman–Crippen LogP) is 3.86. The molecule has 3 heteroatoms. The van der Waals surface area contributed by atoms with Gasteiger partial charge in [0.2, 0.25) is 0 Å². The fraction of sp³-hybridized carbons (Fsp3) is 0.944. The second kappa shape index (κ2) is 5.91. The highest BCUT2D eigenvalue weighted by Crippen LogP contribution is 2.43. The van der Waals surface area contributed by atoms with Gasteiger partial charge in [-0.1, -0.05) is 6.92 Å². The molecule has 0 spiro atoms. The van der Waals surface area contributed by atoms with Gasteiger partial charge in [0.25, 0.3) is 0 Å². The van der Waals surface area contributed by atoms with Gasteiger partial charge in [-0.2, -0.15) is 0 Å². The summed E-state index contributed by atoms with van der Waals surface area (Å²) in [6, 6.07) is 0. The van der Waals surface area contributed by atoms with Crippen molar-refractivity contribution in [3.8, 4) is 0 Å². The molecule has 0 aromatic carbocycles. The largest absolute Gasteiger partial charge is 0.465 e. The lowest BCUT2D eigenvalue weighted by molar-refractivity contribution is -0.152. The summed E-state index contributed by atoms with van der Waals surface area (Å²) in [6.07, 6.45) is 5.46. The average Bonchev–Trinajstić information content (AvgIpc) is 2.57. The summed E-state index contributed by atoms with van der Waals surface area (Å²) in [6.45, 7) is 11.9. The highest BCUT2D eigenvalue weighted by atomic mass is 16.5. The number of nitrogens with zero attached hydrogens (tertiary/aromatic N) is 1. The summed E-state index contributed by atoms with van der Waals surface area (Å²) in [4.78, 5) is 14.7. The molecule has 0 aromatic rings. The van der Waals surface area contributed by atoms with Crippen LogP contribution in [-0.2, 0) is 9.53 Å². The molecule has 0 amide bonds. The Labute approximate surface area is 130 Å². The van der Waals surface area contributed by atoms with E-state index in [-0.39, 0.29) is 23.0 Å². The molecule has 1 aliphatic heterocycles. The van der Waals surface area contributed by atoms with Gasteiger partial charge in [0, 0.05) is 17.0 Å². The van der Waals surface area contributed by atoms with Gasteiger partial charge >= 0.3 is 5.97 Å². The summed E-state index contributed by atoms with van der Waals surface area (Å²) in [5.74, 6) is 1.39. The summed E-state index contributed by atoms with van der Waals surface area (Å²) in [5.41, 5.74) is 0.270. The third kappa shape index (κ3) is 3.44. The second-order valence-electron chi connectivity index (χ2n) is 8.51. The topological polar surface area (TPSA) is 29.5 Å². The van der Waals surface area contributed by atoms with Gasteiger partial charge in [-0.25, -0.2) is 0 Å². The minimum Gasteiger partial charge on any atom is -0.465 e. The molecule has 2 rings (SSSR count). The molecule has 1 saturated carbocycles. The molecule has 21 heavy (non-hydrogen) atoms. The molecule has 1 aliphatic carbocycles. The lowest BCUT2D eigenvalue weighted by atomic mass is 9.83. The van der Waals surface area contributed by atoms with Crippen molar-refractivity contribution in [2.24, 2.45) is 17.8 Å². The maximum atomic E-state index is 12.3. The lowest BCUT2D eigenvalue weighted by Gasteiger charge is -2.38. The maximum Gasteiger partial charge on any atom is 0.308 e. The van der Waals surface area contributed by atoms with E-state index in [1.807, 2.05) is 0 Å². The SMILES string of the molecule is CC1CCC(C(=O)OCC2CC(C)(C)N(C)C2(C)C)CC1. The van der Waals surface area contributed by atoms with E-state index >= 15 is 0 Å². The van der Waals surface area contributed by atoms with E-state index in [0.29, 0.717) is 12.5 Å². The molecular formula is C18H33NO2. The van der Waals surface area contributed by atoms with Crippen molar-refractivity contribution in [2.75, 3.05) is 13.7 Å². The van der Waals surface area contributed by atoms with Crippen molar-refractivity contribution in [2.45, 2.75) is 77.8 Å². The van der Waals surface area contributed by atoms with E-state index in [2.05, 4.69) is 46.6 Å². The van der Waals surface area contributed by atoms with Crippen molar-refractivity contribution in [1.29, 1.82) is 0 Å². The quantitative estimate of drug-likeness (QED) is 0.740. The van der Waals surface area contributed by atoms with Gasteiger partial charge in [0.05, 0.1) is 12.5 Å². The van der Waals surface area contributed by atoms with Crippen molar-refractivity contribution in [3.63, 3.8) is 0 Å². The zero-order valence-corrected chi connectivity index (χ0v) is 14.7. The molecule has 3 nitrogen and oxygen atoms in total. The number of esters is 1. The number of hydrogen-bond acceptors (Lipinski definition) is 3. The fourth-order valence-electron chi connectivity index (χ4n) is 4.10. The second-order valence-corrected chi connectivity index (χ2v) is 8.51. The molecule has 122 valence electrons. The first-order chi connectivity index (χ1) is 9.64. The Balaban J connectivity index is 1.87. The molecule has 1 atom stereocenters. The van der Waals surface area contributed by atoms with Crippen LogP contribution in [0.2, 0.25) is 0 Å². The van der Waals surface area contributed by atoms with E-state index < -0.39 is 0 Å². The summed E-state index contributed by atoms with van der Waals surface area (Å²) in [5, 5.41) is 0. The Bertz CT molecular complexity index is 381. The monoisotopic (exact) mass is 295 g/mol. The smallest absolute Gasteiger partial charge is 0.308 e. The first-order valence-corrected chi connectivity index (χ1v) is 8.55. The first-order valence-electron chi connectivity index (χ1n) is 8.55. The predicted molar refractivity (Wildman–Crippen MR) is 86.1 cm³/mol. The summed E-state index contributed by atoms with van der Waals surface area (Å²) in [7, 11) is 2.18. The molecule has 2 aliphatic rings. The van der Waals surface area contributed by atoms with E-state index in [9.17, 15) is 4.79 Å². The molecule has 1 heterocycles. The molecule has 0 aromatic heterocycles. The summed E-state index contributed by atoms with van der Waals surface area (Å²) < 4.78 is 5.71. The van der Waals surface area contributed by atoms with E-state index in [0.717, 1.165) is 25.2 Å². The van der Waals surface area contributed by atoms with Crippen LogP contribution in [0.1, 0.15) is 66.7 Å². The van der Waals surface area contributed by atoms with Gasteiger partial charge in [-0.15, -0.1) is 0 Å². The van der Waals surface area contributed by atoms with Crippen LogP contribution in [0.4, 0.5) is 0 Å². The van der Waals surface area contributed by atoms with Crippen LogP contribution in [0.5, 0.6) is 0 Å². The van der Waals surface area contributed by atoms with Crippen LogP contribution in [0.3, 0.4) is 0 Å². The minimum atomic E-state index is 0.0464. The van der Waals surface area contributed by atoms with Gasteiger partial charge < -0.3 is 4.74 Å². The molecule has 0 N–H and O–H groups in total. The van der Waals surface area contributed by atoms with Crippen LogP contribution in [0, 0.1) is 17.8 Å². The van der Waals surface area contributed by atoms with Crippen LogP contribution in [-0.4, -0.2) is 35.6 Å². The van der Waals surface area contributed by atoms with Crippen molar-refractivity contribution < 1.29 is 9.53 Å². The maximum absolute atomic E-state index is 12.3. The van der Waals surface area contributed by atoms with Crippen molar-refractivity contribution in [3.05, 3.63) is 0 Å². The highest BCUT2D eigenvalue weighted by molar-refractivity contribution is 5.72. The number of ether oxygens (including phenoxy) is 1. The molecular weight excluding hydrogens is 262 g/mol. The Morgan fingerprint density at radius 3 is 2.19 bits per heavy atom. The minimum absolute atomic E-state index is 0.0464. The molecule has 2 fully saturated rings. The van der Waals surface area contributed by atoms with Gasteiger partial charge in [0.15, 0.2) is 0 Å². The highest BCUT2D eigenvalue weighted by Gasteiger charge is 2.49. The van der Waals surface area contributed by atoms with E-state index in [4.69, 9.17) is 4.74 Å².